The molecule has 0 aromatic heterocycles. The molecule has 148 valence electrons. The van der Waals surface area contributed by atoms with Crippen molar-refractivity contribution in [1.82, 2.24) is 0 Å². The molecular formula is C26H10F2N4. The Hall–Kier alpha value is -5.04. The average Bonchev–Trinajstić information content (AvgIpc) is 3.34. The Morgan fingerprint density at radius 2 is 0.844 bits per heavy atom. The summed E-state index contributed by atoms with van der Waals surface area (Å²) in [6.45, 7) is 0. The highest BCUT2D eigenvalue weighted by atomic mass is 19.1. The van der Waals surface area contributed by atoms with E-state index in [1.807, 2.05) is 24.3 Å². The minimum atomic E-state index is -0.436. The molecule has 0 heterocycles. The Labute approximate surface area is 182 Å². The van der Waals surface area contributed by atoms with E-state index in [2.05, 4.69) is 0 Å². The summed E-state index contributed by atoms with van der Waals surface area (Å²) in [5, 5.41) is 38.3. The molecule has 0 aliphatic heterocycles. The maximum absolute atomic E-state index is 13.5. The van der Waals surface area contributed by atoms with Gasteiger partial charge >= 0.3 is 0 Å². The largest absolute Gasteiger partial charge is 0.207 e. The zero-order valence-corrected chi connectivity index (χ0v) is 16.3. The molecule has 0 saturated heterocycles. The van der Waals surface area contributed by atoms with Gasteiger partial charge < -0.3 is 0 Å². The molecule has 4 nitrogen and oxygen atoms in total. The van der Waals surface area contributed by atoms with Crippen LogP contribution in [0.3, 0.4) is 0 Å². The summed E-state index contributed by atoms with van der Waals surface area (Å²) >= 11 is 0. The molecule has 6 heteroatoms. The number of rotatable bonds is 2. The van der Waals surface area contributed by atoms with Crippen LogP contribution in [0.25, 0.3) is 11.1 Å². The molecule has 0 N–H and O–H groups in total. The Kier molecular flexibility index (Phi) is 5.06. The summed E-state index contributed by atoms with van der Waals surface area (Å²) in [4.78, 5) is 0. The summed E-state index contributed by atoms with van der Waals surface area (Å²) in [5.74, 6) is -0.871. The first-order valence-electron chi connectivity index (χ1n) is 9.32. The van der Waals surface area contributed by atoms with Crippen LogP contribution in [-0.2, 0) is 0 Å². The van der Waals surface area contributed by atoms with Gasteiger partial charge in [-0.15, -0.1) is 0 Å². The number of allylic oxidation sites excluding steroid dienone is 10. The lowest BCUT2D eigenvalue weighted by Crippen LogP contribution is -1.95. The molecule has 2 aliphatic rings. The second-order valence-electron chi connectivity index (χ2n) is 6.90. The zero-order valence-electron chi connectivity index (χ0n) is 16.3. The van der Waals surface area contributed by atoms with Crippen LogP contribution in [0.1, 0.15) is 11.1 Å². The van der Waals surface area contributed by atoms with E-state index in [9.17, 15) is 29.8 Å². The van der Waals surface area contributed by atoms with Crippen molar-refractivity contribution in [2.45, 2.75) is 0 Å². The highest BCUT2D eigenvalue weighted by Crippen LogP contribution is 2.51. The fraction of sp³-hybridized carbons (Fsp3) is 0. The van der Waals surface area contributed by atoms with Crippen LogP contribution < -0.4 is 0 Å². The second-order valence-corrected chi connectivity index (χ2v) is 6.90. The predicted molar refractivity (Wildman–Crippen MR) is 112 cm³/mol. The maximum atomic E-state index is 13.5. The van der Waals surface area contributed by atoms with Crippen molar-refractivity contribution in [3.05, 3.63) is 117 Å². The predicted octanol–water partition coefficient (Wildman–Crippen LogP) is 5.44. The van der Waals surface area contributed by atoms with Gasteiger partial charge in [-0.1, -0.05) is 24.3 Å². The van der Waals surface area contributed by atoms with E-state index in [-0.39, 0.29) is 11.1 Å². The van der Waals surface area contributed by atoms with E-state index in [1.54, 1.807) is 12.2 Å². The fourth-order valence-electron chi connectivity index (χ4n) is 3.82. The molecule has 32 heavy (non-hydrogen) atoms. The summed E-state index contributed by atoms with van der Waals surface area (Å²) in [6.07, 6.45) is 3.37. The van der Waals surface area contributed by atoms with Gasteiger partial charge in [-0.2, -0.15) is 21.0 Å². The van der Waals surface area contributed by atoms with Gasteiger partial charge in [0.2, 0.25) is 0 Å². The van der Waals surface area contributed by atoms with Gasteiger partial charge in [0.15, 0.2) is 0 Å². The lowest BCUT2D eigenvalue weighted by molar-refractivity contribution is 0.627. The van der Waals surface area contributed by atoms with Crippen LogP contribution in [0, 0.1) is 57.0 Å². The number of hydrogen-bond acceptors (Lipinski definition) is 4. The topological polar surface area (TPSA) is 95.2 Å². The summed E-state index contributed by atoms with van der Waals surface area (Å²) in [6, 6.07) is 18.8. The van der Waals surface area contributed by atoms with Gasteiger partial charge in [0.1, 0.15) is 47.1 Å². The molecule has 0 fully saturated rings. The Balaban J connectivity index is 2.02. The van der Waals surface area contributed by atoms with Crippen LogP contribution in [0.5, 0.6) is 0 Å². The van der Waals surface area contributed by atoms with Crippen molar-refractivity contribution in [2.75, 3.05) is 0 Å². The lowest BCUT2D eigenvalue weighted by atomic mass is 9.90. The summed E-state index contributed by atoms with van der Waals surface area (Å²) < 4.78 is 26.9. The molecule has 0 atom stereocenters. The van der Waals surface area contributed by atoms with E-state index < -0.39 is 11.6 Å². The van der Waals surface area contributed by atoms with Crippen LogP contribution in [0.2, 0.25) is 0 Å². The molecule has 0 bridgehead atoms. The van der Waals surface area contributed by atoms with Crippen molar-refractivity contribution < 1.29 is 8.78 Å². The number of halogens is 2. The third-order valence-corrected chi connectivity index (χ3v) is 5.20. The second kappa shape index (κ2) is 8.00. The lowest BCUT2D eigenvalue weighted by Gasteiger charge is -2.11. The van der Waals surface area contributed by atoms with Crippen molar-refractivity contribution in [1.29, 1.82) is 21.0 Å². The highest BCUT2D eigenvalue weighted by Gasteiger charge is 2.34. The molecule has 0 spiro atoms. The quantitative estimate of drug-likeness (QED) is 0.609. The highest BCUT2D eigenvalue weighted by molar-refractivity contribution is 6.04. The van der Waals surface area contributed by atoms with Crippen LogP contribution in [0.4, 0.5) is 8.78 Å². The minimum Gasteiger partial charge on any atom is -0.207 e. The van der Waals surface area contributed by atoms with Crippen LogP contribution in [0.15, 0.2) is 94.1 Å². The fourth-order valence-corrected chi connectivity index (χ4v) is 3.82. The van der Waals surface area contributed by atoms with Crippen molar-refractivity contribution in [2.24, 2.45) is 0 Å². The van der Waals surface area contributed by atoms with Gasteiger partial charge in [-0.3, -0.25) is 0 Å². The normalized spacial score (nSPS) is 13.9. The van der Waals surface area contributed by atoms with Gasteiger partial charge in [-0.05, 0) is 69.8 Å². The standard InChI is InChI=1S/C26H10F2N4/c27-19-5-1-15(2-6-19)21-9-23-24(25(21)17(11-29)12-30)10-22(26(23)18(13-31)14-32)16-3-7-20(28)8-4-16/h1-10H. The molecule has 4 rings (SSSR count). The van der Waals surface area contributed by atoms with Crippen LogP contribution >= 0.6 is 0 Å². The molecule has 2 aromatic carbocycles. The number of hydrogen-bond donors (Lipinski definition) is 0. The molecule has 2 aliphatic carbocycles. The van der Waals surface area contributed by atoms with E-state index in [4.69, 9.17) is 0 Å². The van der Waals surface area contributed by atoms with E-state index in [1.165, 1.54) is 48.5 Å². The SMILES string of the molecule is N#CC(C#N)=C1C(c2ccc(F)cc2)=CC2=C1C=C(c1ccc(F)cc1)C2=C(C#N)C#N. The molecule has 0 amide bonds. The van der Waals surface area contributed by atoms with Gasteiger partial charge in [0.25, 0.3) is 0 Å². The Bertz CT molecular complexity index is 1340. The number of nitrogens with zero attached hydrogens (tertiary/aromatic N) is 4. The zero-order chi connectivity index (χ0) is 22.8. The van der Waals surface area contributed by atoms with E-state index in [0.29, 0.717) is 44.6 Å². The molecular weight excluding hydrogens is 406 g/mol. The number of benzene rings is 2. The first-order chi connectivity index (χ1) is 15.5. The molecule has 2 aromatic rings. The van der Waals surface area contributed by atoms with Crippen molar-refractivity contribution in [3.63, 3.8) is 0 Å². The maximum Gasteiger partial charge on any atom is 0.138 e. The third kappa shape index (κ3) is 3.20. The van der Waals surface area contributed by atoms with E-state index >= 15 is 0 Å². The third-order valence-electron chi connectivity index (χ3n) is 5.20. The molecule has 0 unspecified atom stereocenters. The van der Waals surface area contributed by atoms with Gasteiger partial charge in [-0.25, -0.2) is 8.78 Å². The molecule has 0 radical (unpaired) electrons. The smallest absolute Gasteiger partial charge is 0.138 e. The molecule has 0 saturated carbocycles. The monoisotopic (exact) mass is 416 g/mol. The number of nitriles is 4. The van der Waals surface area contributed by atoms with Crippen molar-refractivity contribution in [3.8, 4) is 24.3 Å². The van der Waals surface area contributed by atoms with E-state index in [0.717, 1.165) is 0 Å². The first kappa shape index (κ1) is 20.2. The van der Waals surface area contributed by atoms with Crippen molar-refractivity contribution >= 4 is 11.1 Å². The average molecular weight is 416 g/mol. The summed E-state index contributed by atoms with van der Waals surface area (Å²) in [7, 11) is 0. The van der Waals surface area contributed by atoms with Crippen LogP contribution in [-0.4, -0.2) is 0 Å². The van der Waals surface area contributed by atoms with Gasteiger partial charge in [0, 0.05) is 11.1 Å². The minimum absolute atomic E-state index is 0.156. The Morgan fingerprint density at radius 3 is 1.12 bits per heavy atom. The summed E-state index contributed by atoms with van der Waals surface area (Å²) in [5.41, 5.74) is 3.53. The van der Waals surface area contributed by atoms with Gasteiger partial charge in [0.05, 0.1) is 0 Å². The first-order valence-corrected chi connectivity index (χ1v) is 9.32. The Morgan fingerprint density at radius 1 is 0.531 bits per heavy atom.